The quantitative estimate of drug-likeness (QED) is 0.679. The number of nitrogens with two attached hydrogens (primary N) is 1. The molecule has 2 amide bonds. The van der Waals surface area contributed by atoms with Gasteiger partial charge >= 0.3 is 0 Å². The molecule has 158 valence electrons. The highest BCUT2D eigenvalue weighted by Crippen LogP contribution is 2.18. The predicted octanol–water partition coefficient (Wildman–Crippen LogP) is 1.77. The standard InChI is InChI=1S/C21H23N3O5S/c1-15-14-17(5-8-19(15)21(22)26)23-20(25)9-4-16-2-6-18(7-3-16)30(27,28)24-10-12-29-13-11-24/h2-9,14H,10-13H2,1H3,(H2,22,26)(H,23,25)/b9-4+. The Morgan fingerprint density at radius 2 is 1.77 bits per heavy atom. The number of rotatable bonds is 6. The van der Waals surface area contributed by atoms with Crippen LogP contribution in [0, 0.1) is 6.92 Å². The van der Waals surface area contributed by atoms with E-state index in [9.17, 15) is 18.0 Å². The van der Waals surface area contributed by atoms with Gasteiger partial charge in [0.1, 0.15) is 0 Å². The van der Waals surface area contributed by atoms with E-state index in [0.29, 0.717) is 48.7 Å². The molecule has 8 nitrogen and oxygen atoms in total. The molecule has 1 saturated heterocycles. The molecule has 0 aliphatic carbocycles. The van der Waals surface area contributed by atoms with E-state index < -0.39 is 15.9 Å². The Balaban J connectivity index is 1.64. The second-order valence-electron chi connectivity index (χ2n) is 6.80. The summed E-state index contributed by atoms with van der Waals surface area (Å²) in [6, 6.07) is 11.2. The highest BCUT2D eigenvalue weighted by atomic mass is 32.2. The number of hydrogen-bond acceptors (Lipinski definition) is 5. The number of carbonyl (C=O) groups excluding carboxylic acids is 2. The van der Waals surface area contributed by atoms with Gasteiger partial charge in [0.2, 0.25) is 21.8 Å². The predicted molar refractivity (Wildman–Crippen MR) is 113 cm³/mol. The van der Waals surface area contributed by atoms with Crippen molar-refractivity contribution in [2.45, 2.75) is 11.8 Å². The first-order chi connectivity index (χ1) is 14.3. The van der Waals surface area contributed by atoms with Crippen LogP contribution in [-0.4, -0.2) is 50.8 Å². The third-order valence-electron chi connectivity index (χ3n) is 4.67. The molecule has 2 aromatic rings. The average molecular weight is 429 g/mol. The molecule has 3 rings (SSSR count). The Hall–Kier alpha value is -3.01. The number of nitrogens with zero attached hydrogens (tertiary/aromatic N) is 1. The van der Waals surface area contributed by atoms with Crippen molar-refractivity contribution in [2.24, 2.45) is 5.73 Å². The number of amides is 2. The van der Waals surface area contributed by atoms with Crippen molar-refractivity contribution < 1.29 is 22.7 Å². The van der Waals surface area contributed by atoms with Crippen molar-refractivity contribution in [1.82, 2.24) is 4.31 Å². The first-order valence-corrected chi connectivity index (χ1v) is 10.8. The van der Waals surface area contributed by atoms with Gasteiger partial charge in [0, 0.05) is 30.4 Å². The Kier molecular flexibility index (Phi) is 6.66. The Labute approximate surface area is 175 Å². The molecule has 0 aromatic heterocycles. The van der Waals surface area contributed by atoms with Crippen molar-refractivity contribution in [2.75, 3.05) is 31.6 Å². The fourth-order valence-corrected chi connectivity index (χ4v) is 4.47. The molecule has 0 spiro atoms. The van der Waals surface area contributed by atoms with Crippen LogP contribution in [0.4, 0.5) is 5.69 Å². The molecular formula is C21H23N3O5S. The van der Waals surface area contributed by atoms with Gasteiger partial charge < -0.3 is 15.8 Å². The van der Waals surface area contributed by atoms with Crippen LogP contribution in [0.15, 0.2) is 53.4 Å². The molecule has 30 heavy (non-hydrogen) atoms. The molecule has 0 radical (unpaired) electrons. The fraction of sp³-hybridized carbons (Fsp3) is 0.238. The molecule has 1 aliphatic heterocycles. The smallest absolute Gasteiger partial charge is 0.248 e. The van der Waals surface area contributed by atoms with Crippen LogP contribution in [0.3, 0.4) is 0 Å². The molecule has 0 saturated carbocycles. The third kappa shape index (κ3) is 5.12. The number of benzene rings is 2. The Morgan fingerprint density at radius 3 is 2.37 bits per heavy atom. The van der Waals surface area contributed by atoms with Gasteiger partial charge in [-0.25, -0.2) is 8.42 Å². The zero-order valence-electron chi connectivity index (χ0n) is 16.5. The first-order valence-electron chi connectivity index (χ1n) is 9.35. The topological polar surface area (TPSA) is 119 Å². The SMILES string of the molecule is Cc1cc(NC(=O)/C=C/c2ccc(S(=O)(=O)N3CCOCC3)cc2)ccc1C(N)=O. The molecule has 0 unspecified atom stereocenters. The van der Waals surface area contributed by atoms with E-state index in [0.717, 1.165) is 0 Å². The lowest BCUT2D eigenvalue weighted by Gasteiger charge is -2.26. The van der Waals surface area contributed by atoms with Crippen LogP contribution in [0.2, 0.25) is 0 Å². The van der Waals surface area contributed by atoms with Crippen molar-refractivity contribution in [3.05, 3.63) is 65.2 Å². The van der Waals surface area contributed by atoms with Gasteiger partial charge in [-0.1, -0.05) is 12.1 Å². The second kappa shape index (κ2) is 9.21. The fourth-order valence-electron chi connectivity index (χ4n) is 3.06. The number of aryl methyl sites for hydroxylation is 1. The molecular weight excluding hydrogens is 406 g/mol. The van der Waals surface area contributed by atoms with E-state index in [2.05, 4.69) is 5.32 Å². The largest absolute Gasteiger partial charge is 0.379 e. The van der Waals surface area contributed by atoms with Gasteiger partial charge in [0.05, 0.1) is 18.1 Å². The van der Waals surface area contributed by atoms with Crippen LogP contribution in [0.5, 0.6) is 0 Å². The van der Waals surface area contributed by atoms with Gasteiger partial charge in [-0.3, -0.25) is 9.59 Å². The normalized spacial score (nSPS) is 15.2. The summed E-state index contributed by atoms with van der Waals surface area (Å²) >= 11 is 0. The molecule has 0 bridgehead atoms. The Morgan fingerprint density at radius 1 is 1.10 bits per heavy atom. The molecule has 3 N–H and O–H groups in total. The van der Waals surface area contributed by atoms with Crippen molar-refractivity contribution in [1.29, 1.82) is 0 Å². The number of morpholine rings is 1. The van der Waals surface area contributed by atoms with E-state index in [1.165, 1.54) is 22.5 Å². The molecule has 0 atom stereocenters. The first kappa shape index (κ1) is 21.7. The second-order valence-corrected chi connectivity index (χ2v) is 8.74. The van der Waals surface area contributed by atoms with Gasteiger partial charge in [-0.2, -0.15) is 4.31 Å². The summed E-state index contributed by atoms with van der Waals surface area (Å²) in [6.45, 7) is 3.19. The number of anilines is 1. The summed E-state index contributed by atoms with van der Waals surface area (Å²) in [5, 5.41) is 2.71. The maximum absolute atomic E-state index is 12.6. The summed E-state index contributed by atoms with van der Waals surface area (Å²) in [6.07, 6.45) is 2.94. The monoisotopic (exact) mass is 429 g/mol. The van der Waals surface area contributed by atoms with Gasteiger partial charge in [-0.05, 0) is 54.5 Å². The molecule has 9 heteroatoms. The highest BCUT2D eigenvalue weighted by Gasteiger charge is 2.25. The van der Waals surface area contributed by atoms with Crippen LogP contribution in [0.1, 0.15) is 21.5 Å². The summed E-state index contributed by atoms with van der Waals surface area (Å²) < 4.78 is 31.8. The van der Waals surface area contributed by atoms with E-state index in [1.807, 2.05) is 0 Å². The number of nitrogens with one attached hydrogen (secondary N) is 1. The van der Waals surface area contributed by atoms with E-state index in [-0.39, 0.29) is 10.8 Å². The Bertz CT molecular complexity index is 1070. The lowest BCUT2D eigenvalue weighted by molar-refractivity contribution is -0.111. The number of primary amides is 1. The third-order valence-corrected chi connectivity index (χ3v) is 6.59. The summed E-state index contributed by atoms with van der Waals surface area (Å²) in [5.41, 5.74) is 7.57. The lowest BCUT2D eigenvalue weighted by atomic mass is 10.1. The van der Waals surface area contributed by atoms with Crippen LogP contribution in [-0.2, 0) is 19.6 Å². The highest BCUT2D eigenvalue weighted by molar-refractivity contribution is 7.89. The zero-order chi connectivity index (χ0) is 21.7. The van der Waals surface area contributed by atoms with Gasteiger partial charge in [0.25, 0.3) is 0 Å². The molecule has 2 aromatic carbocycles. The van der Waals surface area contributed by atoms with Gasteiger partial charge in [-0.15, -0.1) is 0 Å². The summed E-state index contributed by atoms with van der Waals surface area (Å²) in [5.74, 6) is -0.879. The van der Waals surface area contributed by atoms with Crippen LogP contribution < -0.4 is 11.1 Å². The number of sulfonamides is 1. The van der Waals surface area contributed by atoms with Crippen molar-refractivity contribution in [3.63, 3.8) is 0 Å². The average Bonchev–Trinajstić information content (AvgIpc) is 2.73. The van der Waals surface area contributed by atoms with Crippen LogP contribution >= 0.6 is 0 Å². The van der Waals surface area contributed by atoms with Crippen LogP contribution in [0.25, 0.3) is 6.08 Å². The molecule has 1 fully saturated rings. The van der Waals surface area contributed by atoms with E-state index in [1.54, 1.807) is 43.3 Å². The number of ether oxygens (including phenoxy) is 1. The molecule has 1 aliphatic rings. The lowest BCUT2D eigenvalue weighted by Crippen LogP contribution is -2.40. The van der Waals surface area contributed by atoms with Gasteiger partial charge in [0.15, 0.2) is 0 Å². The minimum atomic E-state index is -3.55. The van der Waals surface area contributed by atoms with E-state index >= 15 is 0 Å². The minimum Gasteiger partial charge on any atom is -0.379 e. The summed E-state index contributed by atoms with van der Waals surface area (Å²) in [4.78, 5) is 23.6. The number of hydrogen-bond donors (Lipinski definition) is 2. The molecule has 1 heterocycles. The maximum atomic E-state index is 12.6. The number of carbonyl (C=O) groups is 2. The summed E-state index contributed by atoms with van der Waals surface area (Å²) in [7, 11) is -3.55. The van der Waals surface area contributed by atoms with Crippen molar-refractivity contribution >= 4 is 33.6 Å². The van der Waals surface area contributed by atoms with E-state index in [4.69, 9.17) is 10.5 Å². The maximum Gasteiger partial charge on any atom is 0.248 e. The van der Waals surface area contributed by atoms with Crippen molar-refractivity contribution in [3.8, 4) is 0 Å². The zero-order valence-corrected chi connectivity index (χ0v) is 17.3. The minimum absolute atomic E-state index is 0.205.